The van der Waals surface area contributed by atoms with Gasteiger partial charge >= 0.3 is 0 Å². The summed E-state index contributed by atoms with van der Waals surface area (Å²) >= 11 is 0. The highest BCUT2D eigenvalue weighted by atomic mass is 16.6. The Bertz CT molecular complexity index is 238. The van der Waals surface area contributed by atoms with Crippen LogP contribution in [0.3, 0.4) is 0 Å². The minimum atomic E-state index is -0.450. The maximum absolute atomic E-state index is 11.8. The first-order valence-corrected chi connectivity index (χ1v) is 6.22. The third-order valence-electron chi connectivity index (χ3n) is 2.91. The second kappa shape index (κ2) is 6.93. The number of nitrogens with one attached hydrogen (secondary N) is 1. The van der Waals surface area contributed by atoms with Gasteiger partial charge in [-0.25, -0.2) is 0 Å². The fourth-order valence-corrected chi connectivity index (χ4v) is 1.75. The first-order valence-electron chi connectivity index (χ1n) is 6.22. The van der Waals surface area contributed by atoms with E-state index < -0.39 is 6.10 Å². The summed E-state index contributed by atoms with van der Waals surface area (Å²) in [5, 5.41) is 2.92. The number of hydrogen-bond donors (Lipinski definition) is 2. The van der Waals surface area contributed by atoms with Crippen molar-refractivity contribution in [2.75, 3.05) is 32.9 Å². The molecular formula is C12H24N2O3. The third kappa shape index (κ3) is 5.48. The highest BCUT2D eigenvalue weighted by Crippen LogP contribution is 2.20. The molecule has 1 aliphatic rings. The summed E-state index contributed by atoms with van der Waals surface area (Å²) in [6, 6.07) is 0. The number of amides is 1. The highest BCUT2D eigenvalue weighted by Gasteiger charge is 2.25. The van der Waals surface area contributed by atoms with E-state index in [4.69, 9.17) is 15.2 Å². The molecule has 3 N–H and O–H groups in total. The monoisotopic (exact) mass is 244 g/mol. The molecule has 5 nitrogen and oxygen atoms in total. The molecule has 17 heavy (non-hydrogen) atoms. The summed E-state index contributed by atoms with van der Waals surface area (Å²) in [6.07, 6.45) is 1.53. The van der Waals surface area contributed by atoms with Crippen molar-refractivity contribution in [3.8, 4) is 0 Å². The summed E-state index contributed by atoms with van der Waals surface area (Å²) in [5.41, 5.74) is 5.56. The van der Waals surface area contributed by atoms with E-state index in [0.29, 0.717) is 32.9 Å². The number of carbonyl (C=O) groups is 1. The lowest BCUT2D eigenvalue weighted by Gasteiger charge is -2.27. The summed E-state index contributed by atoms with van der Waals surface area (Å²) < 4.78 is 10.5. The van der Waals surface area contributed by atoms with Crippen molar-refractivity contribution in [3.63, 3.8) is 0 Å². The molecule has 0 bridgehead atoms. The van der Waals surface area contributed by atoms with Crippen molar-refractivity contribution in [1.29, 1.82) is 0 Å². The molecule has 0 aromatic heterocycles. The number of carbonyl (C=O) groups excluding carboxylic acids is 1. The van der Waals surface area contributed by atoms with Crippen LogP contribution in [0, 0.1) is 5.41 Å². The van der Waals surface area contributed by atoms with Crippen LogP contribution in [-0.2, 0) is 14.3 Å². The van der Waals surface area contributed by atoms with E-state index in [1.54, 1.807) is 0 Å². The van der Waals surface area contributed by atoms with Crippen molar-refractivity contribution in [2.24, 2.45) is 11.1 Å². The normalized spacial score (nSPS) is 21.2. The topological polar surface area (TPSA) is 73.6 Å². The standard InChI is InChI=1S/C12H24N2O3/c1-12(2,4-3-5-13)9-14-11(15)10-8-16-6-7-17-10/h10H,3-9,13H2,1-2H3,(H,14,15). The zero-order chi connectivity index (χ0) is 12.7. The Morgan fingerprint density at radius 3 is 2.82 bits per heavy atom. The number of hydrogen-bond acceptors (Lipinski definition) is 4. The summed E-state index contributed by atoms with van der Waals surface area (Å²) in [5.74, 6) is -0.0782. The van der Waals surface area contributed by atoms with E-state index in [1.807, 2.05) is 0 Å². The van der Waals surface area contributed by atoms with Gasteiger partial charge in [-0.05, 0) is 24.8 Å². The molecule has 0 aromatic carbocycles. The van der Waals surface area contributed by atoms with E-state index in [1.165, 1.54) is 0 Å². The first kappa shape index (κ1) is 14.4. The zero-order valence-corrected chi connectivity index (χ0v) is 10.8. The van der Waals surface area contributed by atoms with Gasteiger partial charge in [0.1, 0.15) is 0 Å². The molecule has 0 spiro atoms. The smallest absolute Gasteiger partial charge is 0.251 e. The van der Waals surface area contributed by atoms with E-state index in [-0.39, 0.29) is 11.3 Å². The van der Waals surface area contributed by atoms with Gasteiger partial charge in [-0.15, -0.1) is 0 Å². The predicted octanol–water partition coefficient (Wildman–Crippen LogP) is 0.283. The summed E-state index contributed by atoms with van der Waals surface area (Å²) in [7, 11) is 0. The van der Waals surface area contributed by atoms with Gasteiger partial charge in [-0.2, -0.15) is 0 Å². The number of rotatable bonds is 6. The van der Waals surface area contributed by atoms with Crippen LogP contribution in [0.15, 0.2) is 0 Å². The third-order valence-corrected chi connectivity index (χ3v) is 2.91. The van der Waals surface area contributed by atoms with Gasteiger partial charge in [0.05, 0.1) is 19.8 Å². The molecule has 1 heterocycles. The fourth-order valence-electron chi connectivity index (χ4n) is 1.75. The molecule has 1 unspecified atom stereocenters. The largest absolute Gasteiger partial charge is 0.376 e. The Morgan fingerprint density at radius 1 is 1.47 bits per heavy atom. The summed E-state index contributed by atoms with van der Waals surface area (Å²) in [6.45, 7) is 7.01. The van der Waals surface area contributed by atoms with E-state index in [0.717, 1.165) is 12.8 Å². The molecule has 1 rings (SSSR count). The van der Waals surface area contributed by atoms with Gasteiger partial charge in [0.25, 0.3) is 5.91 Å². The predicted molar refractivity (Wildman–Crippen MR) is 65.6 cm³/mol. The molecule has 1 fully saturated rings. The molecule has 1 amide bonds. The molecule has 0 aliphatic carbocycles. The molecule has 100 valence electrons. The van der Waals surface area contributed by atoms with E-state index in [9.17, 15) is 4.79 Å². The second-order valence-corrected chi connectivity index (χ2v) is 5.21. The van der Waals surface area contributed by atoms with Gasteiger partial charge in [0, 0.05) is 6.54 Å². The Balaban J connectivity index is 2.26. The van der Waals surface area contributed by atoms with Gasteiger partial charge in [-0.1, -0.05) is 13.8 Å². The molecule has 0 saturated carbocycles. The molecule has 1 atom stereocenters. The summed E-state index contributed by atoms with van der Waals surface area (Å²) in [4.78, 5) is 11.8. The Labute approximate surface area is 103 Å². The fraction of sp³-hybridized carbons (Fsp3) is 0.917. The maximum Gasteiger partial charge on any atom is 0.251 e. The second-order valence-electron chi connectivity index (χ2n) is 5.21. The zero-order valence-electron chi connectivity index (χ0n) is 10.8. The average Bonchev–Trinajstić information content (AvgIpc) is 2.35. The average molecular weight is 244 g/mol. The van der Waals surface area contributed by atoms with Crippen LogP contribution in [0.25, 0.3) is 0 Å². The van der Waals surface area contributed by atoms with Crippen LogP contribution in [0.1, 0.15) is 26.7 Å². The van der Waals surface area contributed by atoms with Crippen LogP contribution >= 0.6 is 0 Å². The van der Waals surface area contributed by atoms with Crippen LogP contribution < -0.4 is 11.1 Å². The molecular weight excluding hydrogens is 220 g/mol. The lowest BCUT2D eigenvalue weighted by Crippen LogP contribution is -2.45. The van der Waals surface area contributed by atoms with Crippen LogP contribution in [-0.4, -0.2) is 44.9 Å². The van der Waals surface area contributed by atoms with Crippen LogP contribution in [0.5, 0.6) is 0 Å². The Morgan fingerprint density at radius 2 is 2.24 bits per heavy atom. The van der Waals surface area contributed by atoms with Crippen molar-refractivity contribution in [3.05, 3.63) is 0 Å². The minimum Gasteiger partial charge on any atom is -0.376 e. The van der Waals surface area contributed by atoms with Crippen molar-refractivity contribution in [1.82, 2.24) is 5.32 Å². The van der Waals surface area contributed by atoms with Gasteiger partial charge in [0.2, 0.25) is 0 Å². The van der Waals surface area contributed by atoms with Crippen molar-refractivity contribution in [2.45, 2.75) is 32.8 Å². The quantitative estimate of drug-likeness (QED) is 0.704. The molecule has 1 saturated heterocycles. The minimum absolute atomic E-state index is 0.0740. The SMILES string of the molecule is CC(C)(CCCN)CNC(=O)C1COCCO1. The number of nitrogens with two attached hydrogens (primary N) is 1. The molecule has 0 aromatic rings. The van der Waals surface area contributed by atoms with Crippen molar-refractivity contribution < 1.29 is 14.3 Å². The Kier molecular flexibility index (Phi) is 5.88. The molecule has 5 heteroatoms. The van der Waals surface area contributed by atoms with E-state index in [2.05, 4.69) is 19.2 Å². The Hall–Kier alpha value is -0.650. The highest BCUT2D eigenvalue weighted by molar-refractivity contribution is 5.81. The van der Waals surface area contributed by atoms with Gasteiger partial charge < -0.3 is 20.5 Å². The molecule has 1 aliphatic heterocycles. The lowest BCUT2D eigenvalue weighted by atomic mass is 9.87. The van der Waals surface area contributed by atoms with E-state index >= 15 is 0 Å². The maximum atomic E-state index is 11.8. The van der Waals surface area contributed by atoms with Crippen LogP contribution in [0.4, 0.5) is 0 Å². The number of ether oxygens (including phenoxy) is 2. The van der Waals surface area contributed by atoms with Gasteiger partial charge in [-0.3, -0.25) is 4.79 Å². The lowest BCUT2D eigenvalue weighted by molar-refractivity contribution is -0.147. The van der Waals surface area contributed by atoms with Gasteiger partial charge in [0.15, 0.2) is 6.10 Å². The van der Waals surface area contributed by atoms with Crippen LogP contribution in [0.2, 0.25) is 0 Å². The van der Waals surface area contributed by atoms with Crippen molar-refractivity contribution >= 4 is 5.91 Å². The first-order chi connectivity index (χ1) is 8.05. The molecule has 0 radical (unpaired) electrons.